The van der Waals surface area contributed by atoms with Gasteiger partial charge in [-0.25, -0.2) is 4.98 Å². The molecule has 0 radical (unpaired) electrons. The molecule has 0 saturated heterocycles. The van der Waals surface area contributed by atoms with E-state index in [4.69, 9.17) is 4.74 Å². The average molecular weight is 392 g/mol. The normalized spacial score (nSPS) is 10.8. The second-order valence-corrected chi connectivity index (χ2v) is 5.94. The van der Waals surface area contributed by atoms with Crippen molar-refractivity contribution in [3.8, 4) is 5.75 Å². The Balaban J connectivity index is 2.00. The SMILES string of the molecule is COc1ccc2nc(Cc3ccc(I)cc3)[nH]c(=O)c2c1. The van der Waals surface area contributed by atoms with Gasteiger partial charge in [-0.15, -0.1) is 0 Å². The van der Waals surface area contributed by atoms with Crippen LogP contribution < -0.4 is 10.3 Å². The number of nitrogens with one attached hydrogen (secondary N) is 1. The van der Waals surface area contributed by atoms with Gasteiger partial charge in [0, 0.05) is 9.99 Å². The van der Waals surface area contributed by atoms with Crippen LogP contribution in [0.5, 0.6) is 5.75 Å². The predicted octanol–water partition coefficient (Wildman–Crippen LogP) is 3.13. The number of fused-ring (bicyclic) bond motifs is 1. The second-order valence-electron chi connectivity index (χ2n) is 4.70. The zero-order chi connectivity index (χ0) is 14.8. The molecule has 1 aromatic heterocycles. The number of ether oxygens (including phenoxy) is 1. The van der Waals surface area contributed by atoms with Crippen LogP contribution in [0.15, 0.2) is 47.3 Å². The van der Waals surface area contributed by atoms with Crippen LogP contribution in [0, 0.1) is 3.57 Å². The lowest BCUT2D eigenvalue weighted by molar-refractivity contribution is 0.415. The van der Waals surface area contributed by atoms with Crippen molar-refractivity contribution < 1.29 is 4.74 Å². The summed E-state index contributed by atoms with van der Waals surface area (Å²) in [4.78, 5) is 19.5. The van der Waals surface area contributed by atoms with Crippen LogP contribution in [0.4, 0.5) is 0 Å². The summed E-state index contributed by atoms with van der Waals surface area (Å²) < 4.78 is 6.32. The largest absolute Gasteiger partial charge is 0.497 e. The fourth-order valence-electron chi connectivity index (χ4n) is 2.17. The van der Waals surface area contributed by atoms with Crippen LogP contribution >= 0.6 is 22.6 Å². The molecule has 4 nitrogen and oxygen atoms in total. The first-order valence-electron chi connectivity index (χ1n) is 6.47. The third-order valence-corrected chi connectivity index (χ3v) is 3.97. The second kappa shape index (κ2) is 5.85. The van der Waals surface area contributed by atoms with Gasteiger partial charge in [-0.05, 0) is 58.5 Å². The quantitative estimate of drug-likeness (QED) is 0.697. The number of aromatic nitrogens is 2. The van der Waals surface area contributed by atoms with E-state index in [9.17, 15) is 4.79 Å². The van der Waals surface area contributed by atoms with Crippen LogP contribution in [0.3, 0.4) is 0 Å². The molecule has 5 heteroatoms. The summed E-state index contributed by atoms with van der Waals surface area (Å²) in [6.07, 6.45) is 0.605. The van der Waals surface area contributed by atoms with Gasteiger partial charge >= 0.3 is 0 Å². The Kier molecular flexibility index (Phi) is 3.92. The van der Waals surface area contributed by atoms with E-state index in [0.717, 1.165) is 5.56 Å². The summed E-state index contributed by atoms with van der Waals surface area (Å²) >= 11 is 2.27. The molecular weight excluding hydrogens is 379 g/mol. The number of methoxy groups -OCH3 is 1. The van der Waals surface area contributed by atoms with Crippen LogP contribution in [-0.4, -0.2) is 17.1 Å². The van der Waals surface area contributed by atoms with Gasteiger partial charge in [-0.3, -0.25) is 4.79 Å². The minimum Gasteiger partial charge on any atom is -0.497 e. The molecule has 2 aromatic carbocycles. The summed E-state index contributed by atoms with van der Waals surface area (Å²) in [5.74, 6) is 1.32. The van der Waals surface area contributed by atoms with E-state index < -0.39 is 0 Å². The van der Waals surface area contributed by atoms with E-state index in [1.54, 1.807) is 19.2 Å². The number of nitrogens with zero attached hydrogens (tertiary/aromatic N) is 1. The summed E-state index contributed by atoms with van der Waals surface area (Å²) in [6.45, 7) is 0. The molecule has 0 aliphatic heterocycles. The molecule has 0 saturated carbocycles. The van der Waals surface area contributed by atoms with Crippen molar-refractivity contribution in [2.24, 2.45) is 0 Å². The minimum absolute atomic E-state index is 0.139. The smallest absolute Gasteiger partial charge is 0.258 e. The van der Waals surface area contributed by atoms with E-state index >= 15 is 0 Å². The molecule has 21 heavy (non-hydrogen) atoms. The molecule has 0 atom stereocenters. The van der Waals surface area contributed by atoms with Crippen molar-refractivity contribution in [2.75, 3.05) is 7.11 Å². The van der Waals surface area contributed by atoms with Crippen LogP contribution in [0.2, 0.25) is 0 Å². The highest BCUT2D eigenvalue weighted by molar-refractivity contribution is 14.1. The molecular formula is C16H13IN2O2. The maximum absolute atomic E-state index is 12.2. The molecule has 106 valence electrons. The third kappa shape index (κ3) is 3.07. The van der Waals surface area contributed by atoms with Gasteiger partial charge in [0.15, 0.2) is 0 Å². The summed E-state index contributed by atoms with van der Waals surface area (Å²) in [5, 5.41) is 0.542. The zero-order valence-electron chi connectivity index (χ0n) is 11.4. The molecule has 0 aliphatic rings. The van der Waals surface area contributed by atoms with Gasteiger partial charge in [0.2, 0.25) is 0 Å². The van der Waals surface area contributed by atoms with E-state index in [0.29, 0.717) is 28.9 Å². The molecule has 0 aliphatic carbocycles. The van der Waals surface area contributed by atoms with Crippen molar-refractivity contribution in [3.05, 3.63) is 67.8 Å². The van der Waals surface area contributed by atoms with Crippen molar-refractivity contribution in [1.29, 1.82) is 0 Å². The lowest BCUT2D eigenvalue weighted by Gasteiger charge is -2.05. The molecule has 0 unspecified atom stereocenters. The number of halogens is 1. The maximum Gasteiger partial charge on any atom is 0.258 e. The van der Waals surface area contributed by atoms with E-state index in [2.05, 4.69) is 32.6 Å². The van der Waals surface area contributed by atoms with Gasteiger partial charge in [0.05, 0.1) is 18.0 Å². The first kappa shape index (κ1) is 14.1. The lowest BCUT2D eigenvalue weighted by atomic mass is 10.1. The van der Waals surface area contributed by atoms with Gasteiger partial charge < -0.3 is 9.72 Å². The first-order chi connectivity index (χ1) is 10.2. The van der Waals surface area contributed by atoms with Crippen LogP contribution in [0.25, 0.3) is 10.9 Å². The third-order valence-electron chi connectivity index (χ3n) is 3.25. The molecule has 1 N–H and O–H groups in total. The number of benzene rings is 2. The molecule has 0 fully saturated rings. The number of rotatable bonds is 3. The Morgan fingerprint density at radius 1 is 1.19 bits per heavy atom. The maximum atomic E-state index is 12.2. The topological polar surface area (TPSA) is 55.0 Å². The van der Waals surface area contributed by atoms with Crippen molar-refractivity contribution in [3.63, 3.8) is 0 Å². The van der Waals surface area contributed by atoms with E-state index in [1.807, 2.05) is 30.3 Å². The van der Waals surface area contributed by atoms with Gasteiger partial charge in [0.25, 0.3) is 5.56 Å². The molecule has 0 amide bonds. The zero-order valence-corrected chi connectivity index (χ0v) is 13.5. The van der Waals surface area contributed by atoms with Crippen molar-refractivity contribution >= 4 is 33.5 Å². The molecule has 0 bridgehead atoms. The molecule has 3 aromatic rings. The summed E-state index contributed by atoms with van der Waals surface area (Å²) in [7, 11) is 1.58. The number of H-pyrrole nitrogens is 1. The van der Waals surface area contributed by atoms with Gasteiger partial charge in [-0.1, -0.05) is 12.1 Å². The Morgan fingerprint density at radius 2 is 1.95 bits per heavy atom. The lowest BCUT2D eigenvalue weighted by Crippen LogP contribution is -2.12. The molecule has 0 spiro atoms. The number of aromatic amines is 1. The molecule has 3 rings (SSSR count). The van der Waals surface area contributed by atoms with Crippen molar-refractivity contribution in [1.82, 2.24) is 9.97 Å². The first-order valence-corrected chi connectivity index (χ1v) is 7.55. The fourth-order valence-corrected chi connectivity index (χ4v) is 2.53. The van der Waals surface area contributed by atoms with E-state index in [-0.39, 0.29) is 5.56 Å². The fraction of sp³-hybridized carbons (Fsp3) is 0.125. The highest BCUT2D eigenvalue weighted by Crippen LogP contribution is 2.17. The van der Waals surface area contributed by atoms with Gasteiger partial charge in [-0.2, -0.15) is 0 Å². The summed E-state index contributed by atoms with van der Waals surface area (Å²) in [5.41, 5.74) is 1.66. The van der Waals surface area contributed by atoms with Crippen molar-refractivity contribution in [2.45, 2.75) is 6.42 Å². The average Bonchev–Trinajstić information content (AvgIpc) is 2.49. The van der Waals surface area contributed by atoms with E-state index in [1.165, 1.54) is 3.57 Å². The standard InChI is InChI=1S/C16H13IN2O2/c1-21-12-6-7-14-13(9-12)16(20)19-15(18-14)8-10-2-4-11(17)5-3-10/h2-7,9H,8H2,1H3,(H,18,19,20). The van der Waals surface area contributed by atoms with Crippen LogP contribution in [0.1, 0.15) is 11.4 Å². The highest BCUT2D eigenvalue weighted by Gasteiger charge is 2.06. The minimum atomic E-state index is -0.139. The Bertz CT molecular complexity index is 841. The predicted molar refractivity (Wildman–Crippen MR) is 90.9 cm³/mol. The Morgan fingerprint density at radius 3 is 2.67 bits per heavy atom. The molecule has 1 heterocycles. The summed E-state index contributed by atoms with van der Waals surface area (Å²) in [6, 6.07) is 13.5. The highest BCUT2D eigenvalue weighted by atomic mass is 127. The van der Waals surface area contributed by atoms with Crippen LogP contribution in [-0.2, 0) is 6.42 Å². The number of hydrogen-bond donors (Lipinski definition) is 1. The monoisotopic (exact) mass is 392 g/mol. The number of hydrogen-bond acceptors (Lipinski definition) is 3. The van der Waals surface area contributed by atoms with Gasteiger partial charge in [0.1, 0.15) is 11.6 Å². The Hall–Kier alpha value is -1.89. The Labute approximate surface area is 135 Å².